The Hall–Kier alpha value is -3.78. The van der Waals surface area contributed by atoms with Crippen molar-refractivity contribution in [3.63, 3.8) is 0 Å². The van der Waals surface area contributed by atoms with Gasteiger partial charge in [0.2, 0.25) is 0 Å². The van der Waals surface area contributed by atoms with Crippen LogP contribution in [0.15, 0.2) is 42.6 Å². The van der Waals surface area contributed by atoms with Crippen LogP contribution >= 0.6 is 11.3 Å². The zero-order valence-electron chi connectivity index (χ0n) is 24.4. The molecule has 3 aromatic heterocycles. The van der Waals surface area contributed by atoms with E-state index in [0.717, 1.165) is 86.3 Å². The molecule has 0 saturated heterocycles. The maximum Gasteiger partial charge on any atom is 0.328 e. The van der Waals surface area contributed by atoms with E-state index in [0.29, 0.717) is 0 Å². The van der Waals surface area contributed by atoms with Gasteiger partial charge in [0.25, 0.3) is 0 Å². The second-order valence-electron chi connectivity index (χ2n) is 11.8. The maximum atomic E-state index is 13.1. The van der Waals surface area contributed by atoms with Gasteiger partial charge in [0, 0.05) is 23.7 Å². The second-order valence-corrected chi connectivity index (χ2v) is 13.0. The van der Waals surface area contributed by atoms with E-state index in [4.69, 9.17) is 9.72 Å². The van der Waals surface area contributed by atoms with Crippen molar-refractivity contribution in [2.45, 2.75) is 84.8 Å². The molecule has 5 rings (SSSR count). The molecule has 3 heterocycles. The average Bonchev–Trinajstić information content (AvgIpc) is 3.44. The van der Waals surface area contributed by atoms with E-state index in [2.05, 4.69) is 27.8 Å². The highest BCUT2D eigenvalue weighted by Crippen LogP contribution is 2.39. The SMILES string of the molecule is Cc1nc(C)c(-c2ccc3cc(-c4c(CC(=O)OC(C)(C)C)c(C=CC(=O)O)cn4C4CCCCC4)ccc3n2)s1. The highest BCUT2D eigenvalue weighted by atomic mass is 32.1. The number of thiazole rings is 1. The van der Waals surface area contributed by atoms with Crippen LogP contribution in [0.1, 0.15) is 80.7 Å². The Kier molecular flexibility index (Phi) is 8.13. The zero-order valence-corrected chi connectivity index (χ0v) is 25.2. The van der Waals surface area contributed by atoms with E-state index < -0.39 is 11.6 Å². The number of aliphatic carboxylic acids is 1. The van der Waals surface area contributed by atoms with E-state index in [1.54, 1.807) is 17.4 Å². The third-order valence-corrected chi connectivity index (χ3v) is 8.48. The van der Waals surface area contributed by atoms with Gasteiger partial charge in [-0.15, -0.1) is 11.3 Å². The first-order chi connectivity index (χ1) is 19.5. The van der Waals surface area contributed by atoms with Gasteiger partial charge >= 0.3 is 11.9 Å². The fraction of sp³-hybridized carbons (Fsp3) is 0.394. The summed E-state index contributed by atoms with van der Waals surface area (Å²) in [4.78, 5) is 35.2. The zero-order chi connectivity index (χ0) is 29.3. The molecule has 0 spiro atoms. The van der Waals surface area contributed by atoms with Crippen LogP contribution in [0.5, 0.6) is 0 Å². The molecule has 1 aliphatic rings. The molecule has 1 saturated carbocycles. The van der Waals surface area contributed by atoms with Crippen LogP contribution in [-0.2, 0) is 20.7 Å². The Bertz CT molecular complexity index is 1630. The fourth-order valence-electron chi connectivity index (χ4n) is 5.74. The summed E-state index contributed by atoms with van der Waals surface area (Å²) in [7, 11) is 0. The summed E-state index contributed by atoms with van der Waals surface area (Å²) in [5.41, 5.74) is 5.56. The maximum absolute atomic E-state index is 13.1. The highest BCUT2D eigenvalue weighted by molar-refractivity contribution is 7.15. The molecule has 0 atom stereocenters. The summed E-state index contributed by atoms with van der Waals surface area (Å²) in [5.74, 6) is -1.37. The van der Waals surface area contributed by atoms with E-state index in [1.165, 1.54) is 6.42 Å². The van der Waals surface area contributed by atoms with Crippen molar-refractivity contribution in [3.8, 4) is 21.8 Å². The van der Waals surface area contributed by atoms with Crippen molar-refractivity contribution < 1.29 is 19.4 Å². The van der Waals surface area contributed by atoms with Gasteiger partial charge in [0.05, 0.1) is 38.9 Å². The number of hydrogen-bond donors (Lipinski definition) is 1. The lowest BCUT2D eigenvalue weighted by Crippen LogP contribution is -2.25. The Morgan fingerprint density at radius 3 is 2.51 bits per heavy atom. The van der Waals surface area contributed by atoms with Crippen LogP contribution in [0, 0.1) is 13.8 Å². The smallest absolute Gasteiger partial charge is 0.328 e. The predicted octanol–water partition coefficient (Wildman–Crippen LogP) is 7.93. The van der Waals surface area contributed by atoms with E-state index in [9.17, 15) is 14.7 Å². The number of ether oxygens (including phenoxy) is 1. The molecule has 1 aliphatic carbocycles. The molecule has 0 radical (unpaired) electrons. The molecule has 41 heavy (non-hydrogen) atoms. The number of carbonyl (C=O) groups is 2. The molecule has 214 valence electrons. The molecular weight excluding hydrogens is 534 g/mol. The third kappa shape index (κ3) is 6.59. The lowest BCUT2D eigenvalue weighted by molar-refractivity contribution is -0.153. The molecule has 0 amide bonds. The minimum atomic E-state index is -1.03. The quantitative estimate of drug-likeness (QED) is 0.179. The minimum absolute atomic E-state index is 0.0465. The molecule has 0 bridgehead atoms. The van der Waals surface area contributed by atoms with Crippen molar-refractivity contribution >= 4 is 40.3 Å². The monoisotopic (exact) mass is 571 g/mol. The van der Waals surface area contributed by atoms with Gasteiger partial charge < -0.3 is 14.4 Å². The van der Waals surface area contributed by atoms with Gasteiger partial charge in [-0.25, -0.2) is 14.8 Å². The number of fused-ring (bicyclic) bond motifs is 1. The Balaban J connectivity index is 1.64. The van der Waals surface area contributed by atoms with E-state index in [-0.39, 0.29) is 18.4 Å². The molecule has 8 heteroatoms. The number of aryl methyl sites for hydroxylation is 2. The molecule has 0 aliphatic heterocycles. The Morgan fingerprint density at radius 2 is 1.85 bits per heavy atom. The molecule has 0 unspecified atom stereocenters. The summed E-state index contributed by atoms with van der Waals surface area (Å²) >= 11 is 1.65. The van der Waals surface area contributed by atoms with Crippen molar-refractivity contribution in [1.29, 1.82) is 0 Å². The fourth-order valence-corrected chi connectivity index (χ4v) is 6.63. The van der Waals surface area contributed by atoms with Gasteiger partial charge in [0.15, 0.2) is 0 Å². The number of rotatable bonds is 7. The number of carboxylic acids is 1. The molecular formula is C33H37N3O4S. The first-order valence-electron chi connectivity index (χ1n) is 14.2. The molecule has 4 aromatic rings. The normalized spacial score (nSPS) is 14.7. The second kappa shape index (κ2) is 11.6. The largest absolute Gasteiger partial charge is 0.478 e. The van der Waals surface area contributed by atoms with Crippen LogP contribution in [-0.4, -0.2) is 37.2 Å². The van der Waals surface area contributed by atoms with Crippen LogP contribution in [0.2, 0.25) is 0 Å². The van der Waals surface area contributed by atoms with Crippen molar-refractivity contribution in [2.24, 2.45) is 0 Å². The van der Waals surface area contributed by atoms with Gasteiger partial charge in [0.1, 0.15) is 5.60 Å². The summed E-state index contributed by atoms with van der Waals surface area (Å²) in [6.45, 7) is 9.57. The van der Waals surface area contributed by atoms with Crippen LogP contribution in [0.25, 0.3) is 38.8 Å². The van der Waals surface area contributed by atoms with Gasteiger partial charge in [-0.2, -0.15) is 0 Å². The number of benzene rings is 1. The standard InChI is InChI=1S/C33H37N3O4S/c1-20-32(41-21(2)34-20)28-15-11-22-17-23(12-14-27(22)35-28)31-26(18-30(39)40-33(3,4)5)24(13-16-29(37)38)19-36(31)25-9-7-6-8-10-25/h11-17,19,25H,6-10,18H2,1-5H3,(H,37,38). The molecule has 1 aromatic carbocycles. The summed E-state index contributed by atoms with van der Waals surface area (Å²) in [6, 6.07) is 10.6. The number of hydrogen-bond acceptors (Lipinski definition) is 6. The predicted molar refractivity (Wildman–Crippen MR) is 164 cm³/mol. The van der Waals surface area contributed by atoms with Gasteiger partial charge in [-0.3, -0.25) is 4.79 Å². The third-order valence-electron chi connectivity index (χ3n) is 7.38. The first kappa shape index (κ1) is 28.7. The van der Waals surface area contributed by atoms with E-state index in [1.807, 2.05) is 52.9 Å². The van der Waals surface area contributed by atoms with Crippen molar-refractivity contribution in [3.05, 3.63) is 64.4 Å². The molecule has 1 fully saturated rings. The van der Waals surface area contributed by atoms with Gasteiger partial charge in [-0.1, -0.05) is 31.4 Å². The summed E-state index contributed by atoms with van der Waals surface area (Å²) in [5, 5.41) is 11.4. The van der Waals surface area contributed by atoms with Gasteiger partial charge in [-0.05, 0) is 88.4 Å². The highest BCUT2D eigenvalue weighted by Gasteiger charge is 2.26. The lowest BCUT2D eigenvalue weighted by Gasteiger charge is -2.26. The minimum Gasteiger partial charge on any atom is -0.478 e. The topological polar surface area (TPSA) is 94.3 Å². The summed E-state index contributed by atoms with van der Waals surface area (Å²) in [6.07, 6.45) is 10.4. The van der Waals surface area contributed by atoms with Crippen LogP contribution < -0.4 is 0 Å². The first-order valence-corrected chi connectivity index (χ1v) is 15.0. The molecule has 1 N–H and O–H groups in total. The number of aromatic nitrogens is 3. The number of pyridine rings is 1. The van der Waals surface area contributed by atoms with E-state index >= 15 is 0 Å². The summed E-state index contributed by atoms with van der Waals surface area (Å²) < 4.78 is 7.97. The average molecular weight is 572 g/mol. The Morgan fingerprint density at radius 1 is 1.10 bits per heavy atom. The lowest BCUT2D eigenvalue weighted by atomic mass is 9.94. The van der Waals surface area contributed by atoms with Crippen molar-refractivity contribution in [2.75, 3.05) is 0 Å². The number of nitrogens with zero attached hydrogens (tertiary/aromatic N) is 3. The number of carboxylic acid groups (broad SMARTS) is 1. The number of esters is 1. The van der Waals surface area contributed by atoms with Crippen LogP contribution in [0.3, 0.4) is 0 Å². The van der Waals surface area contributed by atoms with Crippen LogP contribution in [0.4, 0.5) is 0 Å². The molecule has 7 nitrogen and oxygen atoms in total. The number of carbonyl (C=O) groups excluding carboxylic acids is 1. The Labute approximate surface area is 244 Å². The van der Waals surface area contributed by atoms with Crippen molar-refractivity contribution in [1.82, 2.24) is 14.5 Å².